The molecule has 2 aromatic heterocycles. The van der Waals surface area contributed by atoms with Crippen LogP contribution in [0.3, 0.4) is 0 Å². The van der Waals surface area contributed by atoms with Gasteiger partial charge >= 0.3 is 0 Å². The molecule has 0 radical (unpaired) electrons. The summed E-state index contributed by atoms with van der Waals surface area (Å²) in [5.74, 6) is 0.446. The van der Waals surface area contributed by atoms with E-state index in [0.717, 1.165) is 26.9 Å². The first kappa shape index (κ1) is 13.3. The van der Waals surface area contributed by atoms with Crippen molar-refractivity contribution in [2.45, 2.75) is 12.3 Å². The molecular weight excluding hydrogens is 388 g/mol. The Morgan fingerprint density at radius 3 is 3.00 bits per heavy atom. The number of halogens is 2. The van der Waals surface area contributed by atoms with E-state index in [9.17, 15) is 0 Å². The predicted molar refractivity (Wildman–Crippen MR) is 87.5 cm³/mol. The lowest BCUT2D eigenvalue weighted by molar-refractivity contribution is 0.760. The van der Waals surface area contributed by atoms with Gasteiger partial charge < -0.3 is 0 Å². The Morgan fingerprint density at radius 2 is 2.26 bits per heavy atom. The highest BCUT2D eigenvalue weighted by molar-refractivity contribution is 9.10. The second-order valence-corrected chi connectivity index (χ2v) is 6.87. The molecule has 1 aromatic carbocycles. The van der Waals surface area contributed by atoms with Crippen molar-refractivity contribution in [3.8, 4) is 0 Å². The van der Waals surface area contributed by atoms with Gasteiger partial charge in [-0.05, 0) is 30.0 Å². The highest BCUT2D eigenvalue weighted by atomic mass is 79.9. The molecule has 0 saturated carbocycles. The van der Waals surface area contributed by atoms with Crippen LogP contribution < -0.4 is 0 Å². The van der Waals surface area contributed by atoms with Crippen LogP contribution in [0.25, 0.3) is 4.96 Å². The number of hydrogen-bond donors (Lipinski definition) is 0. The molecule has 0 aliphatic heterocycles. The Kier molecular flexibility index (Phi) is 4.05. The predicted octanol–water partition coefficient (Wildman–Crippen LogP) is 4.88. The molecule has 98 valence electrons. The van der Waals surface area contributed by atoms with Gasteiger partial charge in [0.2, 0.25) is 0 Å². The molecule has 0 N–H and O–H groups in total. The molecular formula is C14H12Br2N2S. The number of fused-ring (bicyclic) bond motifs is 1. The van der Waals surface area contributed by atoms with E-state index in [1.807, 2.05) is 0 Å². The summed E-state index contributed by atoms with van der Waals surface area (Å²) < 4.78 is 3.22. The number of hydrogen-bond acceptors (Lipinski definition) is 2. The van der Waals surface area contributed by atoms with Crippen molar-refractivity contribution in [1.82, 2.24) is 9.38 Å². The van der Waals surface area contributed by atoms with Crippen molar-refractivity contribution < 1.29 is 0 Å². The lowest BCUT2D eigenvalue weighted by Gasteiger charge is -2.13. The topological polar surface area (TPSA) is 17.3 Å². The maximum Gasteiger partial charge on any atom is 0.193 e. The fourth-order valence-corrected chi connectivity index (χ4v) is 3.89. The van der Waals surface area contributed by atoms with Gasteiger partial charge in [0.1, 0.15) is 0 Å². The van der Waals surface area contributed by atoms with Crippen molar-refractivity contribution >= 4 is 48.2 Å². The van der Waals surface area contributed by atoms with E-state index in [-0.39, 0.29) is 0 Å². The van der Waals surface area contributed by atoms with Gasteiger partial charge in [-0.2, -0.15) is 0 Å². The van der Waals surface area contributed by atoms with Crippen LogP contribution in [0.15, 0.2) is 46.5 Å². The van der Waals surface area contributed by atoms with E-state index in [1.165, 1.54) is 5.56 Å². The van der Waals surface area contributed by atoms with Gasteiger partial charge in [0.05, 0.1) is 5.69 Å². The summed E-state index contributed by atoms with van der Waals surface area (Å²) in [6, 6.07) is 8.50. The average Bonchev–Trinajstić information content (AvgIpc) is 2.96. The lowest BCUT2D eigenvalue weighted by atomic mass is 9.96. The SMILES string of the molecule is BrCC(Cc1cn2ccsc2n1)c1cccc(Br)c1. The zero-order chi connectivity index (χ0) is 13.2. The fourth-order valence-electron chi connectivity index (χ4n) is 2.15. The van der Waals surface area contributed by atoms with Gasteiger partial charge in [-0.15, -0.1) is 11.3 Å². The third kappa shape index (κ3) is 2.93. The summed E-state index contributed by atoms with van der Waals surface area (Å²) in [5, 5.41) is 3.00. The van der Waals surface area contributed by atoms with Gasteiger partial charge in [-0.1, -0.05) is 44.0 Å². The maximum absolute atomic E-state index is 4.66. The second-order valence-electron chi connectivity index (χ2n) is 4.44. The number of aromatic nitrogens is 2. The minimum atomic E-state index is 0.446. The van der Waals surface area contributed by atoms with E-state index in [4.69, 9.17) is 0 Å². The van der Waals surface area contributed by atoms with Crippen molar-refractivity contribution in [1.29, 1.82) is 0 Å². The van der Waals surface area contributed by atoms with Crippen molar-refractivity contribution in [3.05, 3.63) is 57.8 Å². The molecule has 0 aliphatic carbocycles. The molecule has 0 saturated heterocycles. The molecule has 3 rings (SSSR count). The van der Waals surface area contributed by atoms with Crippen LogP contribution in [0.1, 0.15) is 17.2 Å². The minimum absolute atomic E-state index is 0.446. The number of thiazole rings is 1. The molecule has 2 nitrogen and oxygen atoms in total. The van der Waals surface area contributed by atoms with E-state index in [2.05, 4.69) is 83.3 Å². The summed E-state index contributed by atoms with van der Waals surface area (Å²) in [6.07, 6.45) is 5.13. The van der Waals surface area contributed by atoms with Crippen LogP contribution in [0.4, 0.5) is 0 Å². The summed E-state index contributed by atoms with van der Waals surface area (Å²) in [7, 11) is 0. The Labute approximate surface area is 132 Å². The number of nitrogens with zero attached hydrogens (tertiary/aromatic N) is 2. The normalized spacial score (nSPS) is 12.9. The molecule has 19 heavy (non-hydrogen) atoms. The van der Waals surface area contributed by atoms with Gasteiger partial charge in [0, 0.05) is 27.6 Å². The lowest BCUT2D eigenvalue weighted by Crippen LogP contribution is -2.04. The van der Waals surface area contributed by atoms with Crippen LogP contribution in [-0.4, -0.2) is 14.7 Å². The first-order chi connectivity index (χ1) is 9.26. The molecule has 0 aliphatic rings. The third-order valence-electron chi connectivity index (χ3n) is 3.11. The second kappa shape index (κ2) is 5.77. The molecule has 2 heterocycles. The van der Waals surface area contributed by atoms with Gasteiger partial charge in [-0.3, -0.25) is 4.40 Å². The smallest absolute Gasteiger partial charge is 0.193 e. The molecule has 0 fully saturated rings. The number of alkyl halides is 1. The van der Waals surface area contributed by atoms with Crippen LogP contribution in [-0.2, 0) is 6.42 Å². The van der Waals surface area contributed by atoms with Gasteiger partial charge in [0.25, 0.3) is 0 Å². The van der Waals surface area contributed by atoms with Crippen LogP contribution >= 0.6 is 43.2 Å². The summed E-state index contributed by atoms with van der Waals surface area (Å²) >= 11 is 8.83. The highest BCUT2D eigenvalue weighted by Gasteiger charge is 2.14. The Morgan fingerprint density at radius 1 is 1.37 bits per heavy atom. The van der Waals surface area contributed by atoms with E-state index >= 15 is 0 Å². The molecule has 3 aromatic rings. The quantitative estimate of drug-likeness (QED) is 0.571. The van der Waals surface area contributed by atoms with Crippen LogP contribution in [0.5, 0.6) is 0 Å². The Balaban J connectivity index is 1.85. The average molecular weight is 400 g/mol. The minimum Gasteiger partial charge on any atom is -0.297 e. The van der Waals surface area contributed by atoms with E-state index in [1.54, 1.807) is 11.3 Å². The van der Waals surface area contributed by atoms with Gasteiger partial charge in [-0.25, -0.2) is 4.98 Å². The highest BCUT2D eigenvalue weighted by Crippen LogP contribution is 2.26. The number of imidazole rings is 1. The van der Waals surface area contributed by atoms with Crippen molar-refractivity contribution in [2.75, 3.05) is 5.33 Å². The monoisotopic (exact) mass is 398 g/mol. The zero-order valence-corrected chi connectivity index (χ0v) is 14.1. The summed E-state index contributed by atoms with van der Waals surface area (Å²) in [5.41, 5.74) is 2.49. The Hall–Kier alpha value is -0.650. The van der Waals surface area contributed by atoms with E-state index in [0.29, 0.717) is 5.92 Å². The third-order valence-corrected chi connectivity index (χ3v) is 5.15. The maximum atomic E-state index is 4.66. The van der Waals surface area contributed by atoms with Crippen LogP contribution in [0.2, 0.25) is 0 Å². The van der Waals surface area contributed by atoms with Crippen molar-refractivity contribution in [3.63, 3.8) is 0 Å². The molecule has 0 spiro atoms. The van der Waals surface area contributed by atoms with Gasteiger partial charge in [0.15, 0.2) is 4.96 Å². The summed E-state index contributed by atoms with van der Waals surface area (Å²) in [6.45, 7) is 0. The first-order valence-electron chi connectivity index (χ1n) is 5.99. The standard InChI is InChI=1S/C14H12Br2N2S/c15-8-11(10-2-1-3-12(16)6-10)7-13-9-18-4-5-19-14(18)17-13/h1-6,9,11H,7-8H2. The zero-order valence-electron chi connectivity index (χ0n) is 10.1. The molecule has 1 atom stereocenters. The molecule has 5 heteroatoms. The number of rotatable bonds is 4. The largest absolute Gasteiger partial charge is 0.297 e. The van der Waals surface area contributed by atoms with E-state index < -0.39 is 0 Å². The summed E-state index contributed by atoms with van der Waals surface area (Å²) in [4.78, 5) is 5.72. The first-order valence-corrected chi connectivity index (χ1v) is 8.78. The Bertz CT molecular complexity index is 661. The fraction of sp³-hybridized carbons (Fsp3) is 0.214. The molecule has 0 amide bonds. The molecule has 1 unspecified atom stereocenters. The van der Waals surface area contributed by atoms with Crippen LogP contribution in [0, 0.1) is 0 Å². The molecule has 0 bridgehead atoms. The van der Waals surface area contributed by atoms with Crippen molar-refractivity contribution in [2.24, 2.45) is 0 Å². The number of benzene rings is 1.